The molecule has 3 heteroatoms. The number of halogens is 1. The third-order valence-corrected chi connectivity index (χ3v) is 1.92. The summed E-state index contributed by atoms with van der Waals surface area (Å²) < 4.78 is 17.5. The summed E-state index contributed by atoms with van der Waals surface area (Å²) in [5, 5.41) is 0. The Morgan fingerprint density at radius 2 is 2.27 bits per heavy atom. The van der Waals surface area contributed by atoms with E-state index in [0.29, 0.717) is 6.61 Å². The smallest absolute Gasteiger partial charge is 0.330 e. The summed E-state index contributed by atoms with van der Waals surface area (Å²) >= 11 is 0. The zero-order valence-electron chi connectivity index (χ0n) is 8.79. The van der Waals surface area contributed by atoms with Crippen LogP contribution in [0, 0.1) is 12.7 Å². The van der Waals surface area contributed by atoms with E-state index >= 15 is 0 Å². The second kappa shape index (κ2) is 5.29. The standard InChI is InChI=1S/C12H13FO2/c1-3-15-12(14)7-5-10-4-6-11(13)8-9(10)2/h4-8H,3H2,1-2H3. The Morgan fingerprint density at radius 1 is 1.53 bits per heavy atom. The third kappa shape index (κ3) is 3.54. The molecule has 0 radical (unpaired) electrons. The second-order valence-corrected chi connectivity index (χ2v) is 3.09. The number of carbonyl (C=O) groups excluding carboxylic acids is 1. The van der Waals surface area contributed by atoms with Crippen LogP contribution in [0.5, 0.6) is 0 Å². The van der Waals surface area contributed by atoms with Gasteiger partial charge >= 0.3 is 5.97 Å². The Hall–Kier alpha value is -1.64. The molecular weight excluding hydrogens is 195 g/mol. The van der Waals surface area contributed by atoms with Crippen molar-refractivity contribution in [3.05, 3.63) is 41.2 Å². The Labute approximate surface area is 88.4 Å². The van der Waals surface area contributed by atoms with E-state index in [2.05, 4.69) is 0 Å². The van der Waals surface area contributed by atoms with Crippen LogP contribution in [-0.4, -0.2) is 12.6 Å². The van der Waals surface area contributed by atoms with Crippen molar-refractivity contribution in [1.82, 2.24) is 0 Å². The molecule has 0 saturated carbocycles. The summed E-state index contributed by atoms with van der Waals surface area (Å²) in [7, 11) is 0. The van der Waals surface area contributed by atoms with Crippen LogP contribution in [0.1, 0.15) is 18.1 Å². The maximum atomic E-state index is 12.8. The lowest BCUT2D eigenvalue weighted by atomic mass is 10.1. The lowest BCUT2D eigenvalue weighted by Crippen LogP contribution is -1.98. The molecule has 0 bridgehead atoms. The van der Waals surface area contributed by atoms with Gasteiger partial charge in [0.05, 0.1) is 6.61 Å². The van der Waals surface area contributed by atoms with Gasteiger partial charge in [0, 0.05) is 6.08 Å². The zero-order chi connectivity index (χ0) is 11.3. The first kappa shape index (κ1) is 11.4. The number of ether oxygens (including phenoxy) is 1. The fourth-order valence-electron chi connectivity index (χ4n) is 1.17. The van der Waals surface area contributed by atoms with Crippen LogP contribution < -0.4 is 0 Å². The minimum Gasteiger partial charge on any atom is -0.463 e. The molecule has 0 unspecified atom stereocenters. The summed E-state index contributed by atoms with van der Waals surface area (Å²) in [6, 6.07) is 4.41. The molecule has 1 aromatic carbocycles. The van der Waals surface area contributed by atoms with E-state index in [1.165, 1.54) is 18.2 Å². The monoisotopic (exact) mass is 208 g/mol. The molecule has 0 atom stereocenters. The highest BCUT2D eigenvalue weighted by molar-refractivity contribution is 5.87. The molecule has 0 saturated heterocycles. The average molecular weight is 208 g/mol. The molecule has 0 aliphatic carbocycles. The Bertz CT molecular complexity index is 383. The molecule has 0 aliphatic rings. The van der Waals surface area contributed by atoms with Crippen molar-refractivity contribution in [3.63, 3.8) is 0 Å². The van der Waals surface area contributed by atoms with Gasteiger partial charge in [-0.05, 0) is 43.2 Å². The van der Waals surface area contributed by atoms with Crippen LogP contribution in [-0.2, 0) is 9.53 Å². The van der Waals surface area contributed by atoms with E-state index in [4.69, 9.17) is 4.74 Å². The Kier molecular flexibility index (Phi) is 4.03. The molecule has 0 aliphatic heterocycles. The highest BCUT2D eigenvalue weighted by atomic mass is 19.1. The van der Waals surface area contributed by atoms with Crippen molar-refractivity contribution in [3.8, 4) is 0 Å². The highest BCUT2D eigenvalue weighted by Crippen LogP contribution is 2.11. The normalized spacial score (nSPS) is 10.6. The molecule has 1 aromatic rings. The molecule has 0 aromatic heterocycles. The second-order valence-electron chi connectivity index (χ2n) is 3.09. The number of hydrogen-bond acceptors (Lipinski definition) is 2. The third-order valence-electron chi connectivity index (χ3n) is 1.92. The van der Waals surface area contributed by atoms with Crippen molar-refractivity contribution in [2.45, 2.75) is 13.8 Å². The molecule has 0 amide bonds. The number of esters is 1. The maximum absolute atomic E-state index is 12.8. The van der Waals surface area contributed by atoms with Crippen molar-refractivity contribution in [1.29, 1.82) is 0 Å². The van der Waals surface area contributed by atoms with Crippen LogP contribution in [0.3, 0.4) is 0 Å². The van der Waals surface area contributed by atoms with Gasteiger partial charge in [0.15, 0.2) is 0 Å². The molecule has 0 fully saturated rings. The Balaban J connectivity index is 2.76. The largest absolute Gasteiger partial charge is 0.463 e. The molecule has 0 heterocycles. The first-order valence-electron chi connectivity index (χ1n) is 4.74. The average Bonchev–Trinajstić information content (AvgIpc) is 2.17. The van der Waals surface area contributed by atoms with Gasteiger partial charge in [-0.1, -0.05) is 6.07 Å². The number of aryl methyl sites for hydroxylation is 1. The van der Waals surface area contributed by atoms with Crippen LogP contribution in [0.25, 0.3) is 6.08 Å². The molecule has 2 nitrogen and oxygen atoms in total. The predicted octanol–water partition coefficient (Wildman–Crippen LogP) is 2.71. The molecule has 0 N–H and O–H groups in total. The number of hydrogen-bond donors (Lipinski definition) is 0. The molecule has 15 heavy (non-hydrogen) atoms. The number of carbonyl (C=O) groups is 1. The molecule has 80 valence electrons. The SMILES string of the molecule is CCOC(=O)C=Cc1ccc(F)cc1C. The first-order chi connectivity index (χ1) is 7.13. The van der Waals surface area contributed by atoms with Gasteiger partial charge in [-0.25, -0.2) is 9.18 Å². The minimum absolute atomic E-state index is 0.277. The summed E-state index contributed by atoms with van der Waals surface area (Å²) in [6.45, 7) is 3.88. The van der Waals surface area contributed by atoms with E-state index in [9.17, 15) is 9.18 Å². The quantitative estimate of drug-likeness (QED) is 0.564. The highest BCUT2D eigenvalue weighted by Gasteiger charge is 1.98. The lowest BCUT2D eigenvalue weighted by molar-refractivity contribution is -0.137. The van der Waals surface area contributed by atoms with Crippen molar-refractivity contribution in [2.24, 2.45) is 0 Å². The van der Waals surface area contributed by atoms with Crippen LogP contribution in [0.4, 0.5) is 4.39 Å². The van der Waals surface area contributed by atoms with Gasteiger partial charge in [0.2, 0.25) is 0 Å². The van der Waals surface area contributed by atoms with Crippen molar-refractivity contribution >= 4 is 12.0 Å². The summed E-state index contributed by atoms with van der Waals surface area (Å²) in [5.41, 5.74) is 1.60. The van der Waals surface area contributed by atoms with Gasteiger partial charge in [-0.15, -0.1) is 0 Å². The summed E-state index contributed by atoms with van der Waals surface area (Å²) in [4.78, 5) is 11.0. The van der Waals surface area contributed by atoms with Gasteiger partial charge in [-0.3, -0.25) is 0 Å². The molecule has 1 rings (SSSR count). The van der Waals surface area contributed by atoms with Gasteiger partial charge < -0.3 is 4.74 Å². The van der Waals surface area contributed by atoms with E-state index in [-0.39, 0.29) is 11.8 Å². The van der Waals surface area contributed by atoms with Gasteiger partial charge in [0.25, 0.3) is 0 Å². The number of benzene rings is 1. The van der Waals surface area contributed by atoms with Gasteiger partial charge in [-0.2, -0.15) is 0 Å². The number of rotatable bonds is 3. The summed E-state index contributed by atoms with van der Waals surface area (Å²) in [6.07, 6.45) is 2.95. The summed E-state index contributed by atoms with van der Waals surface area (Å²) in [5.74, 6) is -0.665. The van der Waals surface area contributed by atoms with E-state index in [1.54, 1.807) is 26.0 Å². The lowest BCUT2D eigenvalue weighted by Gasteiger charge is -1.99. The fraction of sp³-hybridized carbons (Fsp3) is 0.250. The van der Waals surface area contributed by atoms with Gasteiger partial charge in [0.1, 0.15) is 5.82 Å². The van der Waals surface area contributed by atoms with E-state index in [0.717, 1.165) is 11.1 Å². The topological polar surface area (TPSA) is 26.3 Å². The fourth-order valence-corrected chi connectivity index (χ4v) is 1.17. The van der Waals surface area contributed by atoms with E-state index < -0.39 is 0 Å². The molecule has 0 spiro atoms. The maximum Gasteiger partial charge on any atom is 0.330 e. The Morgan fingerprint density at radius 3 is 2.87 bits per heavy atom. The zero-order valence-corrected chi connectivity index (χ0v) is 8.79. The molecular formula is C12H13FO2. The van der Waals surface area contributed by atoms with E-state index in [1.807, 2.05) is 0 Å². The van der Waals surface area contributed by atoms with Crippen molar-refractivity contribution in [2.75, 3.05) is 6.61 Å². The minimum atomic E-state index is -0.388. The van der Waals surface area contributed by atoms with Crippen molar-refractivity contribution < 1.29 is 13.9 Å². The van der Waals surface area contributed by atoms with Crippen LogP contribution >= 0.6 is 0 Å². The predicted molar refractivity (Wildman–Crippen MR) is 56.8 cm³/mol. The van der Waals surface area contributed by atoms with Crippen LogP contribution in [0.2, 0.25) is 0 Å². The first-order valence-corrected chi connectivity index (χ1v) is 4.74. The van der Waals surface area contributed by atoms with Crippen LogP contribution in [0.15, 0.2) is 24.3 Å².